The first kappa shape index (κ1) is 25.7. The third-order valence-electron chi connectivity index (χ3n) is 5.64. The van der Waals surface area contributed by atoms with Gasteiger partial charge in [-0.3, -0.25) is 0 Å². The Bertz CT molecular complexity index is 1240. The summed E-state index contributed by atoms with van der Waals surface area (Å²) in [5.41, 5.74) is 8.14. The average Bonchev–Trinajstić information content (AvgIpc) is 3.20. The summed E-state index contributed by atoms with van der Waals surface area (Å²) in [6.45, 7) is 8.02. The Kier molecular flexibility index (Phi) is 7.65. The molecule has 3 rings (SSSR count). The van der Waals surface area contributed by atoms with E-state index in [2.05, 4.69) is 0 Å². The second kappa shape index (κ2) is 10.1. The van der Waals surface area contributed by atoms with E-state index < -0.39 is 27.4 Å². The number of carboxylic acid groups (broad SMARTS) is 1. The molecule has 0 aliphatic carbocycles. The standard InChI is InChI=1S/C26H32N2O5S/c1-18-10-12-20(13-11-18)34(31,32)28-16-21(26(2,3)4)23(25(29)30)24(28)22(27)14-15-33-17-19-8-6-5-7-9-19/h5-13,16,22H,14-15,17,27H2,1-4H3,(H,29,30)/t22-/m1/s1. The van der Waals surface area contributed by atoms with Crippen molar-refractivity contribution in [1.29, 1.82) is 0 Å². The van der Waals surface area contributed by atoms with Crippen molar-refractivity contribution in [1.82, 2.24) is 3.97 Å². The molecule has 0 aliphatic heterocycles. The fourth-order valence-electron chi connectivity index (χ4n) is 3.78. The third-order valence-corrected chi connectivity index (χ3v) is 7.33. The van der Waals surface area contributed by atoms with Crippen LogP contribution in [0.4, 0.5) is 0 Å². The van der Waals surface area contributed by atoms with Gasteiger partial charge in [-0.05, 0) is 42.0 Å². The number of nitrogens with two attached hydrogens (primary N) is 1. The van der Waals surface area contributed by atoms with Crippen LogP contribution in [0.15, 0.2) is 65.7 Å². The van der Waals surface area contributed by atoms with Crippen molar-refractivity contribution in [2.24, 2.45) is 5.73 Å². The van der Waals surface area contributed by atoms with E-state index in [-0.39, 0.29) is 29.2 Å². The molecule has 0 amide bonds. The zero-order chi connectivity index (χ0) is 25.1. The Morgan fingerprint density at radius 2 is 1.71 bits per heavy atom. The quantitative estimate of drug-likeness (QED) is 0.428. The molecule has 1 aromatic heterocycles. The molecule has 7 nitrogen and oxygen atoms in total. The zero-order valence-corrected chi connectivity index (χ0v) is 20.8. The molecular formula is C26H32N2O5S. The highest BCUT2D eigenvalue weighted by molar-refractivity contribution is 7.90. The van der Waals surface area contributed by atoms with Crippen LogP contribution >= 0.6 is 0 Å². The van der Waals surface area contributed by atoms with Crippen molar-refractivity contribution in [2.45, 2.75) is 57.1 Å². The van der Waals surface area contributed by atoms with Gasteiger partial charge in [0.1, 0.15) is 0 Å². The van der Waals surface area contributed by atoms with Gasteiger partial charge in [0.25, 0.3) is 10.0 Å². The lowest BCUT2D eigenvalue weighted by atomic mass is 9.85. The Morgan fingerprint density at radius 1 is 1.09 bits per heavy atom. The minimum Gasteiger partial charge on any atom is -0.478 e. The van der Waals surface area contributed by atoms with Gasteiger partial charge in [0.15, 0.2) is 0 Å². The molecule has 0 spiro atoms. The van der Waals surface area contributed by atoms with E-state index >= 15 is 0 Å². The maximum atomic E-state index is 13.6. The summed E-state index contributed by atoms with van der Waals surface area (Å²) in [5, 5.41) is 10.1. The van der Waals surface area contributed by atoms with E-state index in [0.29, 0.717) is 12.2 Å². The van der Waals surface area contributed by atoms with E-state index in [1.807, 2.05) is 58.0 Å². The normalized spacial score (nSPS) is 13.1. The van der Waals surface area contributed by atoms with Crippen LogP contribution < -0.4 is 5.73 Å². The zero-order valence-electron chi connectivity index (χ0n) is 20.0. The van der Waals surface area contributed by atoms with Gasteiger partial charge in [0.05, 0.1) is 22.8 Å². The minimum atomic E-state index is -4.07. The molecule has 0 saturated carbocycles. The molecule has 3 aromatic rings. The van der Waals surface area contributed by atoms with Crippen LogP contribution in [-0.4, -0.2) is 30.1 Å². The van der Waals surface area contributed by atoms with Gasteiger partial charge in [-0.25, -0.2) is 17.2 Å². The molecule has 182 valence electrons. The van der Waals surface area contributed by atoms with Gasteiger partial charge in [0, 0.05) is 18.8 Å². The van der Waals surface area contributed by atoms with Crippen LogP contribution in [0, 0.1) is 6.92 Å². The number of nitrogens with zero attached hydrogens (tertiary/aromatic N) is 1. The molecule has 0 bridgehead atoms. The molecule has 2 aromatic carbocycles. The second-order valence-electron chi connectivity index (χ2n) is 9.41. The number of carbonyl (C=O) groups is 1. The molecule has 8 heteroatoms. The van der Waals surface area contributed by atoms with E-state index in [9.17, 15) is 18.3 Å². The maximum absolute atomic E-state index is 13.6. The van der Waals surface area contributed by atoms with Crippen LogP contribution in [0.1, 0.15) is 66.0 Å². The SMILES string of the molecule is Cc1ccc(S(=O)(=O)n2cc(C(C)(C)C)c(C(=O)O)c2[C@H](N)CCOCc2ccccc2)cc1. The molecule has 1 heterocycles. The van der Waals surface area contributed by atoms with Gasteiger partial charge >= 0.3 is 5.97 Å². The fourth-order valence-corrected chi connectivity index (χ4v) is 5.21. The summed E-state index contributed by atoms with van der Waals surface area (Å²) in [4.78, 5) is 12.4. The van der Waals surface area contributed by atoms with E-state index in [1.165, 1.54) is 18.3 Å². The highest BCUT2D eigenvalue weighted by Gasteiger charge is 2.35. The first-order chi connectivity index (χ1) is 15.9. The monoisotopic (exact) mass is 484 g/mol. The lowest BCUT2D eigenvalue weighted by Crippen LogP contribution is -2.24. The van der Waals surface area contributed by atoms with Crippen LogP contribution in [0.3, 0.4) is 0 Å². The lowest BCUT2D eigenvalue weighted by molar-refractivity contribution is 0.0691. The van der Waals surface area contributed by atoms with E-state index in [1.54, 1.807) is 12.1 Å². The van der Waals surface area contributed by atoms with Gasteiger partial charge in [-0.2, -0.15) is 0 Å². The van der Waals surface area contributed by atoms with Crippen LogP contribution in [0.5, 0.6) is 0 Å². The molecule has 3 N–H and O–H groups in total. The summed E-state index contributed by atoms with van der Waals surface area (Å²) in [7, 11) is -4.07. The Labute approximate surface area is 201 Å². The Hall–Kier alpha value is -2.94. The van der Waals surface area contributed by atoms with E-state index in [4.69, 9.17) is 10.5 Å². The van der Waals surface area contributed by atoms with Gasteiger partial charge in [-0.15, -0.1) is 0 Å². The number of aryl methyl sites for hydroxylation is 1. The highest BCUT2D eigenvalue weighted by Crippen LogP contribution is 2.35. The minimum absolute atomic E-state index is 0.0568. The van der Waals surface area contributed by atoms with Crippen molar-refractivity contribution < 1.29 is 23.1 Å². The maximum Gasteiger partial charge on any atom is 0.337 e. The predicted octanol–water partition coefficient (Wildman–Crippen LogP) is 4.64. The summed E-state index contributed by atoms with van der Waals surface area (Å²) in [6.07, 6.45) is 1.66. The van der Waals surface area contributed by atoms with Crippen molar-refractivity contribution in [3.8, 4) is 0 Å². The van der Waals surface area contributed by atoms with Crippen molar-refractivity contribution in [3.63, 3.8) is 0 Å². The summed E-state index contributed by atoms with van der Waals surface area (Å²) in [5.74, 6) is -1.21. The predicted molar refractivity (Wildman–Crippen MR) is 131 cm³/mol. The van der Waals surface area contributed by atoms with Gasteiger partial charge in [-0.1, -0.05) is 68.8 Å². The first-order valence-corrected chi connectivity index (χ1v) is 12.6. The molecule has 0 saturated heterocycles. The second-order valence-corrected chi connectivity index (χ2v) is 11.2. The molecule has 0 fully saturated rings. The summed E-state index contributed by atoms with van der Waals surface area (Å²) < 4.78 is 33.9. The number of ether oxygens (including phenoxy) is 1. The molecule has 0 radical (unpaired) electrons. The van der Waals surface area contributed by atoms with Gasteiger partial charge < -0.3 is 15.6 Å². The van der Waals surface area contributed by atoms with Crippen LogP contribution in [0.2, 0.25) is 0 Å². The summed E-state index contributed by atoms with van der Waals surface area (Å²) in [6, 6.07) is 15.2. The number of aromatic nitrogens is 1. The van der Waals surface area contributed by atoms with E-state index in [0.717, 1.165) is 15.1 Å². The number of benzene rings is 2. The van der Waals surface area contributed by atoms with Crippen molar-refractivity contribution >= 4 is 16.0 Å². The average molecular weight is 485 g/mol. The smallest absolute Gasteiger partial charge is 0.337 e. The molecule has 0 unspecified atom stereocenters. The highest BCUT2D eigenvalue weighted by atomic mass is 32.2. The molecular weight excluding hydrogens is 452 g/mol. The molecule has 1 atom stereocenters. The number of carboxylic acids is 1. The fraction of sp³-hybridized carbons (Fsp3) is 0.346. The number of aromatic carboxylic acids is 1. The summed E-state index contributed by atoms with van der Waals surface area (Å²) >= 11 is 0. The molecule has 0 aliphatic rings. The number of hydrogen-bond acceptors (Lipinski definition) is 5. The lowest BCUT2D eigenvalue weighted by Gasteiger charge is -2.19. The first-order valence-electron chi connectivity index (χ1n) is 11.1. The van der Waals surface area contributed by atoms with Crippen molar-refractivity contribution in [3.05, 3.63) is 88.7 Å². The Morgan fingerprint density at radius 3 is 2.26 bits per heavy atom. The Balaban J connectivity index is 2.00. The van der Waals surface area contributed by atoms with Crippen molar-refractivity contribution in [2.75, 3.05) is 6.61 Å². The van der Waals surface area contributed by atoms with Crippen LogP contribution in [-0.2, 0) is 26.8 Å². The molecule has 34 heavy (non-hydrogen) atoms. The third kappa shape index (κ3) is 5.58. The number of rotatable bonds is 9. The largest absolute Gasteiger partial charge is 0.478 e. The number of hydrogen-bond donors (Lipinski definition) is 2. The van der Waals surface area contributed by atoms with Crippen LogP contribution in [0.25, 0.3) is 0 Å². The van der Waals surface area contributed by atoms with Gasteiger partial charge in [0.2, 0.25) is 0 Å². The topological polar surface area (TPSA) is 112 Å².